The molecule has 0 bridgehead atoms. The van der Waals surface area contributed by atoms with Gasteiger partial charge in [-0.05, 0) is 35.9 Å². The van der Waals surface area contributed by atoms with E-state index in [1.165, 1.54) is 30.3 Å². The zero-order valence-corrected chi connectivity index (χ0v) is 18.9. The molecule has 0 aliphatic carbocycles. The lowest BCUT2D eigenvalue weighted by molar-refractivity contribution is -0.167. The van der Waals surface area contributed by atoms with E-state index in [4.69, 9.17) is 14.2 Å². The maximum Gasteiger partial charge on any atom is 0.227 e. The molecule has 9 heteroatoms. The molecule has 4 rings (SSSR count). The molecule has 2 aromatic carbocycles. The van der Waals surface area contributed by atoms with E-state index >= 15 is 0 Å². The first-order valence-corrected chi connectivity index (χ1v) is 11.3. The van der Waals surface area contributed by atoms with Crippen LogP contribution in [-0.4, -0.2) is 79.8 Å². The van der Waals surface area contributed by atoms with Crippen molar-refractivity contribution in [1.29, 1.82) is 0 Å². The van der Waals surface area contributed by atoms with E-state index in [2.05, 4.69) is 0 Å². The minimum absolute atomic E-state index is 0.00180. The summed E-state index contributed by atoms with van der Waals surface area (Å²) in [5.74, 6) is -0.758. The van der Waals surface area contributed by atoms with Gasteiger partial charge in [-0.2, -0.15) is 0 Å². The number of hydrogen-bond donors (Lipinski definition) is 0. The molecule has 2 aliphatic heterocycles. The largest absolute Gasteiger partial charge is 0.490 e. The van der Waals surface area contributed by atoms with Crippen molar-refractivity contribution in [3.05, 3.63) is 65.7 Å². The zero-order valence-electron chi connectivity index (χ0n) is 18.9. The van der Waals surface area contributed by atoms with Gasteiger partial charge in [0.15, 0.2) is 0 Å². The third-order valence-electron chi connectivity index (χ3n) is 6.05. The number of hydrogen-bond acceptors (Lipinski definition) is 5. The second-order valence-electron chi connectivity index (χ2n) is 8.53. The van der Waals surface area contributed by atoms with Crippen LogP contribution in [0.3, 0.4) is 0 Å². The van der Waals surface area contributed by atoms with Gasteiger partial charge in [0.25, 0.3) is 0 Å². The average Bonchev–Trinajstić information content (AvgIpc) is 2.86. The number of carbonyl (C=O) groups is 2. The van der Waals surface area contributed by atoms with Crippen LogP contribution in [0.1, 0.15) is 12.0 Å². The molecule has 2 aromatic rings. The number of halogens is 2. The number of ether oxygens (including phenoxy) is 3. The number of carbonyl (C=O) groups excluding carboxylic acids is 2. The summed E-state index contributed by atoms with van der Waals surface area (Å²) < 4.78 is 44.6. The zero-order chi connectivity index (χ0) is 24.0. The van der Waals surface area contributed by atoms with Crippen molar-refractivity contribution in [3.8, 4) is 5.75 Å². The molecule has 0 unspecified atom stereocenters. The van der Waals surface area contributed by atoms with Crippen molar-refractivity contribution in [1.82, 2.24) is 9.80 Å². The van der Waals surface area contributed by atoms with Crippen molar-refractivity contribution in [3.63, 3.8) is 0 Å². The van der Waals surface area contributed by atoms with E-state index in [1.807, 2.05) is 0 Å². The molecule has 2 fully saturated rings. The smallest absolute Gasteiger partial charge is 0.227 e. The lowest BCUT2D eigenvalue weighted by Crippen LogP contribution is -2.59. The summed E-state index contributed by atoms with van der Waals surface area (Å²) in [7, 11) is 0. The van der Waals surface area contributed by atoms with Gasteiger partial charge in [-0.3, -0.25) is 9.59 Å². The first-order chi connectivity index (χ1) is 16.4. The van der Waals surface area contributed by atoms with Crippen molar-refractivity contribution >= 4 is 11.8 Å². The third kappa shape index (κ3) is 6.09. The topological polar surface area (TPSA) is 68.3 Å². The molecule has 2 amide bonds. The predicted octanol–water partition coefficient (Wildman–Crippen LogP) is 2.43. The number of rotatable bonds is 7. The summed E-state index contributed by atoms with van der Waals surface area (Å²) in [6.45, 7) is 2.59. The normalized spacial score (nSPS) is 20.8. The van der Waals surface area contributed by atoms with Gasteiger partial charge < -0.3 is 24.0 Å². The molecule has 0 saturated carbocycles. The molecular weight excluding hydrogens is 446 g/mol. The minimum Gasteiger partial charge on any atom is -0.490 e. The second kappa shape index (κ2) is 10.9. The maximum atomic E-state index is 14.1. The van der Waals surface area contributed by atoms with Gasteiger partial charge in [0.05, 0.1) is 39.2 Å². The van der Waals surface area contributed by atoms with Gasteiger partial charge in [0, 0.05) is 19.6 Å². The fraction of sp³-hybridized carbons (Fsp3) is 0.440. The fourth-order valence-electron chi connectivity index (χ4n) is 4.17. The van der Waals surface area contributed by atoms with Crippen LogP contribution in [0.25, 0.3) is 0 Å². The minimum atomic E-state index is -1.09. The molecule has 182 valence electrons. The molecule has 0 spiro atoms. The first-order valence-electron chi connectivity index (χ1n) is 11.3. The average molecular weight is 475 g/mol. The van der Waals surface area contributed by atoms with Crippen LogP contribution in [0.15, 0.2) is 48.5 Å². The molecule has 0 N–H and O–H groups in total. The van der Waals surface area contributed by atoms with E-state index in [-0.39, 0.29) is 50.2 Å². The van der Waals surface area contributed by atoms with Gasteiger partial charge in [0.2, 0.25) is 11.8 Å². The maximum absolute atomic E-state index is 14.1. The predicted molar refractivity (Wildman–Crippen MR) is 119 cm³/mol. The lowest BCUT2D eigenvalue weighted by Gasteiger charge is -2.43. The van der Waals surface area contributed by atoms with Crippen LogP contribution in [0.5, 0.6) is 5.75 Å². The Kier molecular flexibility index (Phi) is 7.74. The van der Waals surface area contributed by atoms with Gasteiger partial charge in [-0.25, -0.2) is 8.78 Å². The second-order valence-corrected chi connectivity index (χ2v) is 8.53. The summed E-state index contributed by atoms with van der Waals surface area (Å²) in [5.41, 5.74) is -0.774. The van der Waals surface area contributed by atoms with Gasteiger partial charge in [0.1, 0.15) is 29.6 Å². The molecule has 2 heterocycles. The van der Waals surface area contributed by atoms with E-state index in [0.29, 0.717) is 44.2 Å². The first kappa shape index (κ1) is 24.1. The Bertz CT molecular complexity index is 997. The fourth-order valence-corrected chi connectivity index (χ4v) is 4.17. The van der Waals surface area contributed by atoms with Crippen LogP contribution in [0, 0.1) is 11.6 Å². The Hall–Kier alpha value is -3.04. The van der Waals surface area contributed by atoms with Crippen LogP contribution in [-0.2, 0) is 25.5 Å². The van der Waals surface area contributed by atoms with E-state index in [0.717, 1.165) is 0 Å². The SMILES string of the molecule is O=C(C[C@@]1(COc2ccc(F)cc2)CN(C(=O)Cc2ccccc2F)CCO1)N1CCOCC1. The van der Waals surface area contributed by atoms with Crippen LogP contribution in [0.2, 0.25) is 0 Å². The summed E-state index contributed by atoms with van der Waals surface area (Å²) in [4.78, 5) is 29.4. The van der Waals surface area contributed by atoms with Crippen molar-refractivity contribution in [2.24, 2.45) is 0 Å². The highest BCUT2D eigenvalue weighted by atomic mass is 19.1. The van der Waals surface area contributed by atoms with Crippen LogP contribution in [0.4, 0.5) is 8.78 Å². The van der Waals surface area contributed by atoms with Crippen molar-refractivity contribution in [2.45, 2.75) is 18.4 Å². The summed E-state index contributed by atoms with van der Waals surface area (Å²) in [5, 5.41) is 0. The number of amides is 2. The standard InChI is InChI=1S/C25H28F2N2O5/c26-20-5-7-21(8-6-20)33-18-25(16-24(31)28-9-12-32-13-10-28)17-29(11-14-34-25)23(30)15-19-3-1-2-4-22(19)27/h1-8H,9-18H2/t25-/m0/s1. The molecule has 2 aliphatic rings. The molecule has 0 aromatic heterocycles. The molecule has 34 heavy (non-hydrogen) atoms. The van der Waals surface area contributed by atoms with E-state index in [1.54, 1.807) is 28.0 Å². The Labute approximate surface area is 197 Å². The van der Waals surface area contributed by atoms with Crippen molar-refractivity contribution in [2.75, 3.05) is 52.6 Å². The van der Waals surface area contributed by atoms with E-state index < -0.39 is 11.4 Å². The third-order valence-corrected chi connectivity index (χ3v) is 6.05. The van der Waals surface area contributed by atoms with Gasteiger partial charge in [-0.1, -0.05) is 18.2 Å². The van der Waals surface area contributed by atoms with Crippen LogP contribution < -0.4 is 4.74 Å². The Morgan fingerprint density at radius 3 is 2.35 bits per heavy atom. The van der Waals surface area contributed by atoms with Gasteiger partial charge >= 0.3 is 0 Å². The van der Waals surface area contributed by atoms with Crippen LogP contribution >= 0.6 is 0 Å². The highest BCUT2D eigenvalue weighted by Crippen LogP contribution is 2.26. The Balaban J connectivity index is 1.49. The quantitative estimate of drug-likeness (QED) is 0.617. The monoisotopic (exact) mass is 474 g/mol. The Morgan fingerprint density at radius 2 is 1.62 bits per heavy atom. The summed E-state index contributed by atoms with van der Waals surface area (Å²) >= 11 is 0. The summed E-state index contributed by atoms with van der Waals surface area (Å²) in [6, 6.07) is 11.7. The lowest BCUT2D eigenvalue weighted by atomic mass is 9.96. The molecule has 0 radical (unpaired) electrons. The highest BCUT2D eigenvalue weighted by Gasteiger charge is 2.42. The Morgan fingerprint density at radius 1 is 0.912 bits per heavy atom. The molecule has 7 nitrogen and oxygen atoms in total. The molecule has 2 saturated heterocycles. The highest BCUT2D eigenvalue weighted by molar-refractivity contribution is 5.80. The molecular formula is C25H28F2N2O5. The van der Waals surface area contributed by atoms with E-state index in [9.17, 15) is 18.4 Å². The molecule has 1 atom stereocenters. The van der Waals surface area contributed by atoms with Gasteiger partial charge in [-0.15, -0.1) is 0 Å². The number of benzene rings is 2. The summed E-state index contributed by atoms with van der Waals surface area (Å²) in [6.07, 6.45) is -0.0728. The van der Waals surface area contributed by atoms with Crippen molar-refractivity contribution < 1.29 is 32.6 Å². The number of nitrogens with zero attached hydrogens (tertiary/aromatic N) is 2. The number of morpholine rings is 2.